The summed E-state index contributed by atoms with van der Waals surface area (Å²) in [5.41, 5.74) is 2.79. The van der Waals surface area contributed by atoms with Crippen LogP contribution in [0.15, 0.2) is 66.7 Å². The lowest BCUT2D eigenvalue weighted by atomic mass is 9.86. The van der Waals surface area contributed by atoms with Gasteiger partial charge in [-0.25, -0.2) is 8.78 Å². The van der Waals surface area contributed by atoms with Gasteiger partial charge in [0.25, 0.3) is 0 Å². The average Bonchev–Trinajstić information content (AvgIpc) is 2.91. The van der Waals surface area contributed by atoms with Gasteiger partial charge >= 0.3 is 0 Å². The van der Waals surface area contributed by atoms with Crippen LogP contribution in [0.1, 0.15) is 36.3 Å². The fourth-order valence-electron chi connectivity index (χ4n) is 5.04. The van der Waals surface area contributed by atoms with E-state index in [0.717, 1.165) is 62.3 Å². The minimum Gasteiger partial charge on any atom is -0.390 e. The molecule has 1 aliphatic rings. The smallest absolute Gasteiger partial charge is 0.123 e. The number of hydrogen-bond acceptors (Lipinski definition) is 4. The van der Waals surface area contributed by atoms with Gasteiger partial charge in [-0.3, -0.25) is 4.90 Å². The van der Waals surface area contributed by atoms with Crippen molar-refractivity contribution in [1.29, 1.82) is 0 Å². The lowest BCUT2D eigenvalue weighted by molar-refractivity contribution is 0.0433. The van der Waals surface area contributed by atoms with Gasteiger partial charge in [0.1, 0.15) is 11.6 Å². The van der Waals surface area contributed by atoms with E-state index in [9.17, 15) is 13.9 Å². The van der Waals surface area contributed by atoms with Crippen molar-refractivity contribution in [2.45, 2.75) is 37.3 Å². The summed E-state index contributed by atoms with van der Waals surface area (Å²) in [6, 6.07) is 18.4. The lowest BCUT2D eigenvalue weighted by Gasteiger charge is -2.38. The van der Waals surface area contributed by atoms with E-state index >= 15 is 0 Å². The van der Waals surface area contributed by atoms with Crippen molar-refractivity contribution < 1.29 is 13.9 Å². The van der Waals surface area contributed by atoms with Crippen LogP contribution in [-0.4, -0.2) is 54.9 Å². The second-order valence-corrected chi connectivity index (χ2v) is 10.3. The Morgan fingerprint density at radius 1 is 0.838 bits per heavy atom. The Morgan fingerprint density at radius 3 is 2.00 bits per heavy atom. The first-order valence-corrected chi connectivity index (χ1v) is 13.5. The summed E-state index contributed by atoms with van der Waals surface area (Å²) >= 11 is 12.2. The molecule has 4 nitrogen and oxygen atoms in total. The molecule has 3 aromatic rings. The molecule has 0 aromatic heterocycles. The molecule has 3 N–H and O–H groups in total. The lowest BCUT2D eigenvalue weighted by Crippen LogP contribution is -2.53. The Morgan fingerprint density at radius 2 is 1.43 bits per heavy atom. The molecule has 0 bridgehead atoms. The molecule has 37 heavy (non-hydrogen) atoms. The van der Waals surface area contributed by atoms with Crippen molar-refractivity contribution in [2.75, 3.05) is 38.0 Å². The van der Waals surface area contributed by atoms with Gasteiger partial charge in [0.15, 0.2) is 0 Å². The molecule has 2 unspecified atom stereocenters. The van der Waals surface area contributed by atoms with Crippen LogP contribution in [0, 0.1) is 11.6 Å². The van der Waals surface area contributed by atoms with Gasteiger partial charge < -0.3 is 15.7 Å². The van der Waals surface area contributed by atoms with Gasteiger partial charge in [0.2, 0.25) is 0 Å². The van der Waals surface area contributed by atoms with E-state index in [-0.39, 0.29) is 23.6 Å². The van der Waals surface area contributed by atoms with E-state index in [4.69, 9.17) is 23.2 Å². The third-order valence-electron chi connectivity index (χ3n) is 7.04. The number of anilines is 1. The van der Waals surface area contributed by atoms with Gasteiger partial charge in [-0.05, 0) is 66.4 Å². The highest BCUT2D eigenvalue weighted by molar-refractivity contribution is 6.42. The summed E-state index contributed by atoms with van der Waals surface area (Å²) in [5.74, 6) is -0.549. The number of halogens is 4. The van der Waals surface area contributed by atoms with Gasteiger partial charge in [0.05, 0.1) is 16.1 Å². The van der Waals surface area contributed by atoms with Crippen molar-refractivity contribution in [3.8, 4) is 0 Å². The molecular formula is C29H33Cl2F2N3O. The number of nitrogens with zero attached hydrogens (tertiary/aromatic N) is 1. The summed E-state index contributed by atoms with van der Waals surface area (Å²) in [7, 11) is 0. The molecule has 4 rings (SSSR count). The van der Waals surface area contributed by atoms with Crippen LogP contribution in [0.3, 0.4) is 0 Å². The minimum absolute atomic E-state index is 0.0105. The zero-order valence-electron chi connectivity index (χ0n) is 20.6. The van der Waals surface area contributed by atoms with E-state index < -0.39 is 6.10 Å². The molecule has 0 saturated carbocycles. The molecule has 198 valence electrons. The summed E-state index contributed by atoms with van der Waals surface area (Å²) < 4.78 is 27.2. The summed E-state index contributed by atoms with van der Waals surface area (Å²) in [4.78, 5) is 2.35. The van der Waals surface area contributed by atoms with Crippen molar-refractivity contribution in [1.82, 2.24) is 10.2 Å². The van der Waals surface area contributed by atoms with E-state index in [1.165, 1.54) is 24.3 Å². The number of rotatable bonds is 11. The second-order valence-electron chi connectivity index (χ2n) is 9.52. The predicted molar refractivity (Wildman–Crippen MR) is 148 cm³/mol. The maximum atomic E-state index is 13.6. The van der Waals surface area contributed by atoms with Crippen LogP contribution in [0.5, 0.6) is 0 Å². The average molecular weight is 549 g/mol. The third-order valence-corrected chi connectivity index (χ3v) is 7.78. The highest BCUT2D eigenvalue weighted by Crippen LogP contribution is 2.31. The summed E-state index contributed by atoms with van der Waals surface area (Å²) in [6.45, 7) is 3.89. The van der Waals surface area contributed by atoms with E-state index in [1.807, 2.05) is 6.07 Å². The maximum Gasteiger partial charge on any atom is 0.123 e. The Kier molecular flexibility index (Phi) is 10.2. The Hall–Kier alpha value is -2.22. The molecule has 8 heteroatoms. The van der Waals surface area contributed by atoms with Crippen molar-refractivity contribution in [2.24, 2.45) is 0 Å². The van der Waals surface area contributed by atoms with Crippen molar-refractivity contribution in [3.05, 3.63) is 99.5 Å². The molecule has 1 aliphatic heterocycles. The Labute approximate surface area is 227 Å². The number of nitrogens with one attached hydrogen (secondary N) is 2. The third kappa shape index (κ3) is 7.88. The van der Waals surface area contributed by atoms with Crippen molar-refractivity contribution >= 4 is 28.9 Å². The van der Waals surface area contributed by atoms with Gasteiger partial charge in [-0.2, -0.15) is 0 Å². The predicted octanol–water partition coefficient (Wildman–Crippen LogP) is 6.32. The summed E-state index contributed by atoms with van der Waals surface area (Å²) in [6.07, 6.45) is 1.84. The standard InChI is InChI=1S/C29H33Cl2F2N3O/c30-26-13-12-24(18-27(26)31)35-19-29(37)28(36-16-14-34-15-17-36)3-1-2-25(20-4-8-22(32)9-5-20)21-6-10-23(33)11-7-21/h4-13,18,25,28-29,34-35,37H,1-3,14-17,19H2. The largest absolute Gasteiger partial charge is 0.390 e. The van der Waals surface area contributed by atoms with Gasteiger partial charge in [0, 0.05) is 50.4 Å². The molecular weight excluding hydrogens is 515 g/mol. The van der Waals surface area contributed by atoms with Crippen LogP contribution < -0.4 is 10.6 Å². The second kappa shape index (κ2) is 13.5. The Balaban J connectivity index is 1.44. The highest BCUT2D eigenvalue weighted by Gasteiger charge is 2.27. The molecule has 0 spiro atoms. The topological polar surface area (TPSA) is 47.5 Å². The monoisotopic (exact) mass is 547 g/mol. The molecule has 1 fully saturated rings. The van der Waals surface area contributed by atoms with E-state index in [2.05, 4.69) is 15.5 Å². The number of hydrogen-bond donors (Lipinski definition) is 3. The number of piperazine rings is 1. The highest BCUT2D eigenvalue weighted by atomic mass is 35.5. The molecule has 0 amide bonds. The van der Waals surface area contributed by atoms with Crippen LogP contribution in [0.4, 0.5) is 14.5 Å². The molecule has 3 aromatic carbocycles. The fraction of sp³-hybridized carbons (Fsp3) is 0.379. The molecule has 0 radical (unpaired) electrons. The van der Waals surface area contributed by atoms with Crippen LogP contribution >= 0.6 is 23.2 Å². The van der Waals surface area contributed by atoms with E-state index in [0.29, 0.717) is 16.6 Å². The van der Waals surface area contributed by atoms with Gasteiger partial charge in [-0.1, -0.05) is 53.9 Å². The van der Waals surface area contributed by atoms with Gasteiger partial charge in [-0.15, -0.1) is 0 Å². The van der Waals surface area contributed by atoms with Crippen LogP contribution in [-0.2, 0) is 0 Å². The minimum atomic E-state index is -0.595. The molecule has 1 heterocycles. The molecule has 2 atom stereocenters. The fourth-order valence-corrected chi connectivity index (χ4v) is 5.34. The first-order valence-electron chi connectivity index (χ1n) is 12.7. The first kappa shape index (κ1) is 27.8. The van der Waals surface area contributed by atoms with Crippen molar-refractivity contribution in [3.63, 3.8) is 0 Å². The normalized spacial score (nSPS) is 16.1. The number of aliphatic hydroxyl groups excluding tert-OH is 1. The number of benzene rings is 3. The molecule has 0 aliphatic carbocycles. The number of aliphatic hydroxyl groups is 1. The quantitative estimate of drug-likeness (QED) is 0.263. The van der Waals surface area contributed by atoms with Crippen LogP contribution in [0.25, 0.3) is 0 Å². The SMILES string of the molecule is OC(CNc1ccc(Cl)c(Cl)c1)C(CCCC(c1ccc(F)cc1)c1ccc(F)cc1)N1CCNCC1. The Bertz CT molecular complexity index is 1080. The van der Waals surface area contributed by atoms with E-state index in [1.54, 1.807) is 36.4 Å². The molecule has 1 saturated heterocycles. The first-order chi connectivity index (χ1) is 17.9. The zero-order valence-corrected chi connectivity index (χ0v) is 22.2. The van der Waals surface area contributed by atoms with Crippen LogP contribution in [0.2, 0.25) is 10.0 Å². The zero-order chi connectivity index (χ0) is 26.2. The summed E-state index contributed by atoms with van der Waals surface area (Å²) in [5, 5.41) is 18.9. The maximum absolute atomic E-state index is 13.6.